The van der Waals surface area contributed by atoms with Gasteiger partial charge in [0.05, 0.1) is 23.4 Å². The van der Waals surface area contributed by atoms with E-state index in [0.717, 1.165) is 0 Å². The van der Waals surface area contributed by atoms with Crippen molar-refractivity contribution < 1.29 is 23.9 Å². The molecule has 0 unspecified atom stereocenters. The summed E-state index contributed by atoms with van der Waals surface area (Å²) in [5.41, 5.74) is 1.26. The van der Waals surface area contributed by atoms with Crippen LogP contribution in [0.5, 0.6) is 5.75 Å². The molecule has 0 fully saturated rings. The Kier molecular flexibility index (Phi) is 5.87. The number of para-hydroxylation sites is 3. The van der Waals surface area contributed by atoms with E-state index in [2.05, 4.69) is 5.32 Å². The SMILES string of the molecule is N#Cc1ccccc1NC(=O)COC(=O)CCN1C(=O)COc2ccccc21. The number of amides is 2. The van der Waals surface area contributed by atoms with Gasteiger partial charge in [-0.25, -0.2) is 0 Å². The van der Waals surface area contributed by atoms with E-state index in [1.807, 2.05) is 6.07 Å². The minimum atomic E-state index is -0.611. The van der Waals surface area contributed by atoms with Crippen molar-refractivity contribution in [2.45, 2.75) is 6.42 Å². The first kappa shape index (κ1) is 18.9. The largest absolute Gasteiger partial charge is 0.482 e. The minimum absolute atomic E-state index is 0.0673. The van der Waals surface area contributed by atoms with E-state index < -0.39 is 18.5 Å². The van der Waals surface area contributed by atoms with Gasteiger partial charge in [-0.2, -0.15) is 5.26 Å². The summed E-state index contributed by atoms with van der Waals surface area (Å²) < 4.78 is 10.3. The average Bonchev–Trinajstić information content (AvgIpc) is 2.72. The summed E-state index contributed by atoms with van der Waals surface area (Å²) in [6.07, 6.45) is -0.0673. The second-order valence-corrected chi connectivity index (χ2v) is 5.92. The molecule has 1 aliphatic rings. The lowest BCUT2D eigenvalue weighted by Gasteiger charge is -2.28. The van der Waals surface area contributed by atoms with Gasteiger partial charge in [-0.3, -0.25) is 14.4 Å². The Bertz CT molecular complexity index is 951. The van der Waals surface area contributed by atoms with Crippen LogP contribution in [0.3, 0.4) is 0 Å². The van der Waals surface area contributed by atoms with Crippen LogP contribution < -0.4 is 15.0 Å². The highest BCUT2D eigenvalue weighted by atomic mass is 16.5. The number of carbonyl (C=O) groups is 3. The molecule has 1 heterocycles. The molecule has 28 heavy (non-hydrogen) atoms. The lowest BCUT2D eigenvalue weighted by Crippen LogP contribution is -2.40. The lowest BCUT2D eigenvalue weighted by atomic mass is 10.2. The van der Waals surface area contributed by atoms with Gasteiger partial charge in [0.1, 0.15) is 11.8 Å². The third-order valence-corrected chi connectivity index (χ3v) is 4.03. The Balaban J connectivity index is 1.49. The van der Waals surface area contributed by atoms with Gasteiger partial charge in [-0.15, -0.1) is 0 Å². The van der Waals surface area contributed by atoms with Crippen molar-refractivity contribution in [3.63, 3.8) is 0 Å². The van der Waals surface area contributed by atoms with Gasteiger partial charge < -0.3 is 19.7 Å². The second-order valence-electron chi connectivity index (χ2n) is 5.92. The van der Waals surface area contributed by atoms with E-state index in [9.17, 15) is 14.4 Å². The molecule has 0 saturated heterocycles. The Morgan fingerprint density at radius 3 is 2.75 bits per heavy atom. The van der Waals surface area contributed by atoms with Gasteiger partial charge in [0.15, 0.2) is 13.2 Å². The van der Waals surface area contributed by atoms with Gasteiger partial charge >= 0.3 is 5.97 Å². The zero-order chi connectivity index (χ0) is 19.9. The normalized spacial score (nSPS) is 12.4. The summed E-state index contributed by atoms with van der Waals surface area (Å²) >= 11 is 0. The number of rotatable bonds is 6. The maximum atomic E-state index is 12.1. The molecule has 0 atom stereocenters. The number of nitrogens with one attached hydrogen (secondary N) is 1. The smallest absolute Gasteiger partial charge is 0.308 e. The number of nitrogens with zero attached hydrogens (tertiary/aromatic N) is 2. The predicted molar refractivity (Wildman–Crippen MR) is 99.7 cm³/mol. The van der Waals surface area contributed by atoms with Crippen molar-refractivity contribution >= 4 is 29.2 Å². The maximum Gasteiger partial charge on any atom is 0.308 e. The summed E-state index contributed by atoms with van der Waals surface area (Å²) in [6, 6.07) is 15.5. The van der Waals surface area contributed by atoms with Crippen LogP contribution >= 0.6 is 0 Å². The van der Waals surface area contributed by atoms with Crippen LogP contribution in [0.2, 0.25) is 0 Å². The quantitative estimate of drug-likeness (QED) is 0.768. The van der Waals surface area contributed by atoms with Crippen molar-refractivity contribution in [3.8, 4) is 11.8 Å². The summed E-state index contributed by atoms with van der Waals surface area (Å²) in [5, 5.41) is 11.5. The van der Waals surface area contributed by atoms with Crippen LogP contribution in [0.25, 0.3) is 0 Å². The number of esters is 1. The van der Waals surface area contributed by atoms with Crippen LogP contribution in [0.4, 0.5) is 11.4 Å². The summed E-state index contributed by atoms with van der Waals surface area (Å²) in [4.78, 5) is 37.4. The molecular weight excluding hydrogens is 362 g/mol. The van der Waals surface area contributed by atoms with Crippen molar-refractivity contribution in [1.29, 1.82) is 5.26 Å². The summed E-state index contributed by atoms with van der Waals surface area (Å²) in [5.74, 6) is -0.840. The van der Waals surface area contributed by atoms with E-state index in [4.69, 9.17) is 14.7 Å². The minimum Gasteiger partial charge on any atom is -0.482 e. The topological polar surface area (TPSA) is 109 Å². The van der Waals surface area contributed by atoms with Crippen LogP contribution in [0, 0.1) is 11.3 Å². The standard InChI is InChI=1S/C20H17N3O5/c21-11-14-5-1-2-6-15(14)22-18(24)12-28-20(26)9-10-23-16-7-3-4-8-17(16)27-13-19(23)25/h1-8H,9-10,12-13H2,(H,22,24). The first-order valence-electron chi connectivity index (χ1n) is 8.55. The molecule has 2 aromatic carbocycles. The van der Waals surface area contributed by atoms with Gasteiger partial charge in [-0.05, 0) is 24.3 Å². The van der Waals surface area contributed by atoms with Crippen LogP contribution in [0.15, 0.2) is 48.5 Å². The average molecular weight is 379 g/mol. The Labute approximate surface area is 161 Å². The fourth-order valence-electron chi connectivity index (χ4n) is 2.70. The molecule has 0 aromatic heterocycles. The molecule has 142 valence electrons. The van der Waals surface area contributed by atoms with E-state index >= 15 is 0 Å². The van der Waals surface area contributed by atoms with Crippen LogP contribution in [0.1, 0.15) is 12.0 Å². The van der Waals surface area contributed by atoms with E-state index in [-0.39, 0.29) is 25.5 Å². The molecule has 0 radical (unpaired) electrons. The van der Waals surface area contributed by atoms with Crippen molar-refractivity contribution in [3.05, 3.63) is 54.1 Å². The van der Waals surface area contributed by atoms with Crippen molar-refractivity contribution in [2.75, 3.05) is 30.0 Å². The Morgan fingerprint density at radius 2 is 1.93 bits per heavy atom. The molecule has 1 N–H and O–H groups in total. The van der Waals surface area contributed by atoms with Gasteiger partial charge in [-0.1, -0.05) is 24.3 Å². The lowest BCUT2D eigenvalue weighted by molar-refractivity contribution is -0.147. The van der Waals surface area contributed by atoms with Gasteiger partial charge in [0, 0.05) is 6.54 Å². The number of hydrogen-bond acceptors (Lipinski definition) is 6. The fraction of sp³-hybridized carbons (Fsp3) is 0.200. The monoisotopic (exact) mass is 379 g/mol. The highest BCUT2D eigenvalue weighted by Gasteiger charge is 2.25. The molecular formula is C20H17N3O5. The summed E-state index contributed by atoms with van der Waals surface area (Å²) in [6.45, 7) is -0.448. The number of anilines is 2. The predicted octanol–water partition coefficient (Wildman–Crippen LogP) is 1.86. The molecule has 3 rings (SSSR count). The number of ether oxygens (including phenoxy) is 2. The first-order valence-corrected chi connectivity index (χ1v) is 8.55. The highest BCUT2D eigenvalue weighted by molar-refractivity contribution is 5.98. The number of hydrogen-bond donors (Lipinski definition) is 1. The summed E-state index contributed by atoms with van der Waals surface area (Å²) in [7, 11) is 0. The first-order chi connectivity index (χ1) is 13.6. The molecule has 1 aliphatic heterocycles. The third-order valence-electron chi connectivity index (χ3n) is 4.03. The van der Waals surface area contributed by atoms with Crippen molar-refractivity contribution in [1.82, 2.24) is 0 Å². The number of fused-ring (bicyclic) bond motifs is 1. The molecule has 2 amide bonds. The number of nitriles is 1. The fourth-order valence-corrected chi connectivity index (χ4v) is 2.70. The number of carbonyl (C=O) groups excluding carboxylic acids is 3. The molecule has 0 saturated carbocycles. The van der Waals surface area contributed by atoms with E-state index in [0.29, 0.717) is 22.7 Å². The third kappa shape index (κ3) is 4.45. The maximum absolute atomic E-state index is 12.1. The zero-order valence-electron chi connectivity index (χ0n) is 14.9. The van der Waals surface area contributed by atoms with Gasteiger partial charge in [0.2, 0.25) is 0 Å². The highest BCUT2D eigenvalue weighted by Crippen LogP contribution is 2.31. The Morgan fingerprint density at radius 1 is 1.18 bits per heavy atom. The Hall–Kier alpha value is -3.86. The molecule has 0 bridgehead atoms. The van der Waals surface area contributed by atoms with Gasteiger partial charge in [0.25, 0.3) is 11.8 Å². The second kappa shape index (κ2) is 8.68. The number of benzene rings is 2. The molecule has 0 spiro atoms. The molecule has 2 aromatic rings. The molecule has 0 aliphatic carbocycles. The molecule has 8 nitrogen and oxygen atoms in total. The van der Waals surface area contributed by atoms with E-state index in [1.165, 1.54) is 4.90 Å². The van der Waals surface area contributed by atoms with Crippen LogP contribution in [-0.4, -0.2) is 37.5 Å². The molecule has 8 heteroatoms. The van der Waals surface area contributed by atoms with Crippen LogP contribution in [-0.2, 0) is 19.1 Å². The zero-order valence-corrected chi connectivity index (χ0v) is 14.9. The van der Waals surface area contributed by atoms with Crippen molar-refractivity contribution in [2.24, 2.45) is 0 Å². The van der Waals surface area contributed by atoms with E-state index in [1.54, 1.807) is 48.5 Å².